The van der Waals surface area contributed by atoms with Gasteiger partial charge in [-0.25, -0.2) is 5.84 Å². The maximum atomic E-state index is 9.36. The Bertz CT molecular complexity index is 801. The molecule has 9 heteroatoms. The van der Waals surface area contributed by atoms with Crippen molar-refractivity contribution in [2.75, 3.05) is 47.7 Å². The largest absolute Gasteiger partial charge is 0.400 e. The second-order valence-corrected chi connectivity index (χ2v) is 14.3. The van der Waals surface area contributed by atoms with E-state index in [4.69, 9.17) is 35.6 Å². The Balaban J connectivity index is 0.000000451. The molecule has 6 N–H and O–H groups in total. The number of methoxy groups -OCH3 is 1. The lowest BCUT2D eigenvalue weighted by Crippen LogP contribution is -2.42. The molecule has 2 saturated carbocycles. The maximum Gasteiger partial charge on any atom is 0.160 e. The molecule has 9 nitrogen and oxygen atoms in total. The third-order valence-electron chi connectivity index (χ3n) is 11.2. The van der Waals surface area contributed by atoms with Crippen molar-refractivity contribution in [1.29, 1.82) is 0 Å². The van der Waals surface area contributed by atoms with Crippen LogP contribution in [-0.4, -0.2) is 81.4 Å². The molecule has 4 aliphatic rings. The third-order valence-corrected chi connectivity index (χ3v) is 11.2. The van der Waals surface area contributed by atoms with E-state index in [0.29, 0.717) is 66.6 Å². The Morgan fingerprint density at radius 2 is 1.48 bits per heavy atom. The average molecular weight is 658 g/mol. The first kappa shape index (κ1) is 43.1. The van der Waals surface area contributed by atoms with Crippen LogP contribution in [0.2, 0.25) is 0 Å². The summed E-state index contributed by atoms with van der Waals surface area (Å²) in [4.78, 5) is 0. The predicted octanol–water partition coefficient (Wildman–Crippen LogP) is 6.18. The monoisotopic (exact) mass is 658 g/mol. The molecule has 2 saturated heterocycles. The van der Waals surface area contributed by atoms with Gasteiger partial charge in [-0.15, -0.1) is 0 Å². The van der Waals surface area contributed by atoms with Gasteiger partial charge in [0.05, 0.1) is 37.7 Å². The van der Waals surface area contributed by atoms with Gasteiger partial charge in [-0.1, -0.05) is 53.9 Å². The zero-order valence-electron chi connectivity index (χ0n) is 31.3. The number of aliphatic hydroxyl groups is 2. The number of aliphatic hydroxyl groups excluding tert-OH is 2. The molecule has 4 fully saturated rings. The van der Waals surface area contributed by atoms with Gasteiger partial charge in [-0.2, -0.15) is 0 Å². The van der Waals surface area contributed by atoms with Crippen LogP contribution in [0.4, 0.5) is 0 Å². The second kappa shape index (κ2) is 23.4. The Morgan fingerprint density at radius 1 is 0.870 bits per heavy atom. The van der Waals surface area contributed by atoms with E-state index in [0.717, 1.165) is 38.1 Å². The van der Waals surface area contributed by atoms with Crippen molar-refractivity contribution in [2.45, 2.75) is 125 Å². The summed E-state index contributed by atoms with van der Waals surface area (Å²) in [6, 6.07) is 0. The van der Waals surface area contributed by atoms with Crippen LogP contribution in [0.15, 0.2) is 11.9 Å². The zero-order valence-corrected chi connectivity index (χ0v) is 31.3. The first-order valence-corrected chi connectivity index (χ1v) is 18.4. The van der Waals surface area contributed by atoms with Crippen LogP contribution in [-0.2, 0) is 18.9 Å². The molecule has 0 bridgehead atoms. The molecule has 0 amide bonds. The lowest BCUT2D eigenvalue weighted by Gasteiger charge is -2.44. The molecule has 46 heavy (non-hydrogen) atoms. The Labute approximate surface area is 283 Å². The van der Waals surface area contributed by atoms with Gasteiger partial charge in [-0.05, 0) is 99.7 Å². The van der Waals surface area contributed by atoms with Gasteiger partial charge in [0.2, 0.25) is 0 Å². The average Bonchev–Trinajstić information content (AvgIpc) is 3.38. The molecule has 2 aliphatic carbocycles. The maximum absolute atomic E-state index is 9.36. The number of nitrogens with two attached hydrogens (primary N) is 2. The molecule has 0 radical (unpaired) electrons. The van der Waals surface area contributed by atoms with Gasteiger partial charge in [0.25, 0.3) is 0 Å². The number of hydrogen-bond donors (Lipinski definition) is 4. The van der Waals surface area contributed by atoms with E-state index in [-0.39, 0.29) is 6.29 Å². The molecule has 274 valence electrons. The highest BCUT2D eigenvalue weighted by atomic mass is 16.7. The van der Waals surface area contributed by atoms with Crippen LogP contribution in [0.25, 0.3) is 0 Å². The number of ether oxygens (including phenoxy) is 4. The van der Waals surface area contributed by atoms with Gasteiger partial charge >= 0.3 is 0 Å². The van der Waals surface area contributed by atoms with E-state index >= 15 is 0 Å². The first-order valence-electron chi connectivity index (χ1n) is 18.4. The summed E-state index contributed by atoms with van der Waals surface area (Å²) in [7, 11) is 4.45. The van der Waals surface area contributed by atoms with E-state index in [9.17, 15) is 5.11 Å². The van der Waals surface area contributed by atoms with Crippen LogP contribution in [0.5, 0.6) is 0 Å². The lowest BCUT2D eigenvalue weighted by atomic mass is 9.62. The fourth-order valence-electron chi connectivity index (χ4n) is 8.58. The zero-order chi connectivity index (χ0) is 34.8. The number of hydrogen-bond acceptors (Lipinski definition) is 9. The SMILES string of the molecule is CC.CC1CCC2CCCC(C(C)CO)C2CO1.CO.CO[C@@H](OC/C(N)=C/N(C)N)C(C)C1CC[C@@H](C)[C@@H]2CCC(C)OCC12. The number of fused-ring (bicyclic) bond motifs is 2. The van der Waals surface area contributed by atoms with Gasteiger partial charge in [-0.3, -0.25) is 0 Å². The minimum Gasteiger partial charge on any atom is -0.400 e. The molecule has 2 heterocycles. The smallest absolute Gasteiger partial charge is 0.160 e. The second-order valence-electron chi connectivity index (χ2n) is 14.3. The summed E-state index contributed by atoms with van der Waals surface area (Å²) in [5, 5.41) is 17.8. The van der Waals surface area contributed by atoms with Gasteiger partial charge < -0.3 is 39.9 Å². The molecule has 4 rings (SSSR count). The highest BCUT2D eigenvalue weighted by molar-refractivity contribution is 4.95. The van der Waals surface area contributed by atoms with Crippen LogP contribution in [0, 0.1) is 53.3 Å². The van der Waals surface area contributed by atoms with Crippen molar-refractivity contribution in [2.24, 2.45) is 64.8 Å². The molecule has 0 spiro atoms. The summed E-state index contributed by atoms with van der Waals surface area (Å²) in [6.07, 6.45) is 13.7. The van der Waals surface area contributed by atoms with Gasteiger partial charge in [0.15, 0.2) is 6.29 Å². The molecular formula is C37H75N3O6. The van der Waals surface area contributed by atoms with E-state index in [1.807, 2.05) is 13.8 Å². The van der Waals surface area contributed by atoms with Crippen molar-refractivity contribution in [1.82, 2.24) is 5.01 Å². The fraction of sp³-hybridized carbons (Fsp3) is 0.946. The summed E-state index contributed by atoms with van der Waals surface area (Å²) in [5.74, 6) is 11.3. The Hall–Kier alpha value is -0.940. The Morgan fingerprint density at radius 3 is 2.07 bits per heavy atom. The number of nitrogens with zero attached hydrogens (tertiary/aromatic N) is 1. The molecule has 0 aromatic carbocycles. The lowest BCUT2D eigenvalue weighted by molar-refractivity contribution is -0.171. The van der Waals surface area contributed by atoms with E-state index in [2.05, 4.69) is 34.6 Å². The van der Waals surface area contributed by atoms with Crippen molar-refractivity contribution < 1.29 is 29.2 Å². The summed E-state index contributed by atoms with van der Waals surface area (Å²) in [5.41, 5.74) is 6.54. The quantitative estimate of drug-likeness (QED) is 0.130. The standard InChI is InChI=1S/C20H39N3O3.C14H26O2.C2H6.CH4O/c1-13-6-8-18(19-12-25-14(2)7-9-17(13)19)15(3)20(24-5)26-11-16(21)10-23(4)22;1-10(8-15)13-5-3-4-12-7-6-11(2)16-9-14(12)13;2*1-2/h10,13-15,17-20H,6-9,11-12,21-22H2,1-5H3;10-15H,3-9H2,1-2H3;1-2H3;2H,1H3/b16-10-;;;/t13-,14?,15?,17+,18?,19?,20+;;;/m1.../s1. The summed E-state index contributed by atoms with van der Waals surface area (Å²) >= 11 is 0. The molecule has 12 atom stereocenters. The first-order chi connectivity index (χ1) is 22.0. The molecule has 0 aromatic rings. The molecule has 2 aliphatic heterocycles. The van der Waals surface area contributed by atoms with Crippen LogP contribution in [0.3, 0.4) is 0 Å². The number of hydrazine groups is 1. The van der Waals surface area contributed by atoms with Gasteiger partial charge in [0.1, 0.15) is 0 Å². The highest BCUT2D eigenvalue weighted by Gasteiger charge is 2.43. The van der Waals surface area contributed by atoms with E-state index < -0.39 is 0 Å². The predicted molar refractivity (Wildman–Crippen MR) is 188 cm³/mol. The highest BCUT2D eigenvalue weighted by Crippen LogP contribution is 2.47. The van der Waals surface area contributed by atoms with Crippen molar-refractivity contribution in [3.05, 3.63) is 11.9 Å². The van der Waals surface area contributed by atoms with Crippen LogP contribution >= 0.6 is 0 Å². The van der Waals surface area contributed by atoms with E-state index in [1.54, 1.807) is 20.4 Å². The minimum absolute atomic E-state index is 0.273. The Kier molecular flexibility index (Phi) is 21.9. The molecule has 9 unspecified atom stereocenters. The summed E-state index contributed by atoms with van der Waals surface area (Å²) in [6.45, 7) is 17.7. The topological polar surface area (TPSA) is 133 Å². The van der Waals surface area contributed by atoms with Gasteiger partial charge in [0, 0.05) is 40.0 Å². The van der Waals surface area contributed by atoms with Crippen LogP contribution in [0.1, 0.15) is 106 Å². The summed E-state index contributed by atoms with van der Waals surface area (Å²) < 4.78 is 23.7. The molecule has 0 aromatic heterocycles. The molecular weight excluding hydrogens is 582 g/mol. The van der Waals surface area contributed by atoms with Crippen molar-refractivity contribution in [3.63, 3.8) is 0 Å². The van der Waals surface area contributed by atoms with Crippen LogP contribution < -0.4 is 11.6 Å². The fourth-order valence-corrected chi connectivity index (χ4v) is 8.58. The normalized spacial score (nSPS) is 34.9. The number of rotatable bonds is 9. The third kappa shape index (κ3) is 13.5. The van der Waals surface area contributed by atoms with E-state index in [1.165, 1.54) is 62.8 Å². The van der Waals surface area contributed by atoms with Crippen molar-refractivity contribution in [3.8, 4) is 0 Å². The van der Waals surface area contributed by atoms with Crippen molar-refractivity contribution >= 4 is 0 Å². The minimum atomic E-state index is -0.273.